The van der Waals surface area contributed by atoms with Gasteiger partial charge < -0.3 is 10.6 Å². The number of nitrogens with zero attached hydrogens (tertiary/aromatic N) is 1. The van der Waals surface area contributed by atoms with Gasteiger partial charge in [0.2, 0.25) is 5.91 Å². The van der Waals surface area contributed by atoms with Gasteiger partial charge in [-0.05, 0) is 67.6 Å². The van der Waals surface area contributed by atoms with E-state index < -0.39 is 0 Å². The van der Waals surface area contributed by atoms with Gasteiger partial charge in [0.25, 0.3) is 0 Å². The summed E-state index contributed by atoms with van der Waals surface area (Å²) in [5, 5.41) is 7.52. The molecule has 2 N–H and O–H groups in total. The smallest absolute Gasteiger partial charge is 0.224 e. The predicted molar refractivity (Wildman–Crippen MR) is 112 cm³/mol. The molecule has 0 saturated carbocycles. The van der Waals surface area contributed by atoms with Gasteiger partial charge >= 0.3 is 0 Å². The van der Waals surface area contributed by atoms with Crippen molar-refractivity contribution in [3.05, 3.63) is 64.2 Å². The van der Waals surface area contributed by atoms with Crippen LogP contribution in [0.3, 0.4) is 0 Å². The van der Waals surface area contributed by atoms with Crippen LogP contribution in [0.4, 0.5) is 11.4 Å². The highest BCUT2D eigenvalue weighted by molar-refractivity contribution is 7.15. The third kappa shape index (κ3) is 4.03. The monoisotopic (exact) mass is 377 g/mol. The normalized spacial score (nSPS) is 13.6. The maximum absolute atomic E-state index is 11.7. The largest absolute Gasteiger partial charge is 0.380 e. The fraction of sp³-hybridized carbons (Fsp3) is 0.273. The average molecular weight is 378 g/mol. The lowest BCUT2D eigenvalue weighted by Gasteiger charge is -2.10. The number of carbonyl (C=O) groups excluding carboxylic acids is 1. The van der Waals surface area contributed by atoms with Gasteiger partial charge in [-0.1, -0.05) is 12.1 Å². The third-order valence-corrected chi connectivity index (χ3v) is 6.05. The maximum Gasteiger partial charge on any atom is 0.224 e. The number of benzene rings is 2. The molecule has 0 fully saturated rings. The Morgan fingerprint density at radius 2 is 2.00 bits per heavy atom. The van der Waals surface area contributed by atoms with Crippen molar-refractivity contribution in [1.82, 2.24) is 4.98 Å². The summed E-state index contributed by atoms with van der Waals surface area (Å²) in [6.07, 6.45) is 4.38. The van der Waals surface area contributed by atoms with Gasteiger partial charge in [0.15, 0.2) is 0 Å². The molecule has 1 aliphatic rings. The van der Waals surface area contributed by atoms with Gasteiger partial charge in [-0.15, -0.1) is 11.3 Å². The summed E-state index contributed by atoms with van der Waals surface area (Å²) in [5.41, 5.74) is 6.99. The van der Waals surface area contributed by atoms with Crippen LogP contribution in [0.15, 0.2) is 42.6 Å². The Morgan fingerprint density at radius 1 is 1.11 bits per heavy atom. The van der Waals surface area contributed by atoms with Crippen LogP contribution < -0.4 is 10.6 Å². The first-order valence-corrected chi connectivity index (χ1v) is 10.1. The van der Waals surface area contributed by atoms with Gasteiger partial charge in [0.05, 0.1) is 6.54 Å². The molecule has 2 aromatic carbocycles. The van der Waals surface area contributed by atoms with Crippen molar-refractivity contribution in [3.63, 3.8) is 0 Å². The zero-order chi connectivity index (χ0) is 18.8. The van der Waals surface area contributed by atoms with Gasteiger partial charge in [-0.3, -0.25) is 4.79 Å². The lowest BCUT2D eigenvalue weighted by Crippen LogP contribution is -2.09. The summed E-state index contributed by atoms with van der Waals surface area (Å²) in [7, 11) is 0. The number of anilines is 2. The number of fused-ring (bicyclic) bond motifs is 1. The van der Waals surface area contributed by atoms with Crippen LogP contribution in [-0.4, -0.2) is 10.9 Å². The number of thiazole rings is 1. The van der Waals surface area contributed by atoms with E-state index in [1.165, 1.54) is 27.1 Å². The van der Waals surface area contributed by atoms with Crippen LogP contribution in [0.25, 0.3) is 10.6 Å². The van der Waals surface area contributed by atoms with Crippen LogP contribution >= 0.6 is 11.3 Å². The summed E-state index contributed by atoms with van der Waals surface area (Å²) in [4.78, 5) is 17.5. The lowest BCUT2D eigenvalue weighted by atomic mass is 10.1. The van der Waals surface area contributed by atoms with E-state index in [9.17, 15) is 4.79 Å². The standard InChI is InChI=1S/C22H23N3OS/c1-14-6-7-17(10-15(14)2)22-24-13-19(27-22)12-23-18-8-9-20-16(11-18)4-3-5-21(26)25-20/h6-11,13,23H,3-5,12H2,1-2H3,(H,25,26). The second kappa shape index (κ2) is 7.53. The van der Waals surface area contributed by atoms with E-state index in [-0.39, 0.29) is 5.91 Å². The number of hydrogen-bond donors (Lipinski definition) is 2. The Bertz CT molecular complexity index is 993. The van der Waals surface area contributed by atoms with Crippen LogP contribution in [0, 0.1) is 13.8 Å². The van der Waals surface area contributed by atoms with Crippen molar-refractivity contribution in [2.24, 2.45) is 0 Å². The molecule has 0 bridgehead atoms. The molecule has 1 aromatic heterocycles. The molecular formula is C22H23N3OS. The fourth-order valence-electron chi connectivity index (χ4n) is 3.27. The Labute approximate surface area is 163 Å². The average Bonchev–Trinajstić information content (AvgIpc) is 3.05. The van der Waals surface area contributed by atoms with Crippen LogP contribution in [0.2, 0.25) is 0 Å². The Kier molecular flexibility index (Phi) is 4.94. The molecule has 3 aromatic rings. The number of nitrogens with one attached hydrogen (secondary N) is 2. The summed E-state index contributed by atoms with van der Waals surface area (Å²) < 4.78 is 0. The first-order chi connectivity index (χ1) is 13.1. The Balaban J connectivity index is 1.45. The van der Waals surface area contributed by atoms with Crippen LogP contribution in [-0.2, 0) is 17.8 Å². The topological polar surface area (TPSA) is 54.0 Å². The predicted octanol–water partition coefficient (Wildman–Crippen LogP) is 5.31. The van der Waals surface area contributed by atoms with E-state index in [0.29, 0.717) is 6.42 Å². The second-order valence-electron chi connectivity index (χ2n) is 7.06. The third-order valence-electron chi connectivity index (χ3n) is 5.00. The van der Waals surface area contributed by atoms with Crippen molar-refractivity contribution in [2.75, 3.05) is 10.6 Å². The molecule has 0 aliphatic carbocycles. The molecule has 0 atom stereocenters. The zero-order valence-corrected chi connectivity index (χ0v) is 16.5. The molecule has 0 spiro atoms. The molecule has 4 nitrogen and oxygen atoms in total. The number of rotatable bonds is 4. The minimum absolute atomic E-state index is 0.109. The number of aryl methyl sites for hydroxylation is 3. The molecular weight excluding hydrogens is 354 g/mol. The quantitative estimate of drug-likeness (QED) is 0.647. The molecule has 2 heterocycles. The Hall–Kier alpha value is -2.66. The highest BCUT2D eigenvalue weighted by Gasteiger charge is 2.13. The second-order valence-corrected chi connectivity index (χ2v) is 8.17. The van der Waals surface area contributed by atoms with Crippen molar-refractivity contribution < 1.29 is 4.79 Å². The molecule has 0 saturated heterocycles. The lowest BCUT2D eigenvalue weighted by molar-refractivity contribution is -0.116. The van der Waals surface area contributed by atoms with Gasteiger partial charge in [-0.2, -0.15) is 0 Å². The van der Waals surface area contributed by atoms with E-state index in [0.717, 1.165) is 35.8 Å². The molecule has 27 heavy (non-hydrogen) atoms. The van der Waals surface area contributed by atoms with E-state index >= 15 is 0 Å². The van der Waals surface area contributed by atoms with Gasteiger partial charge in [-0.25, -0.2) is 4.98 Å². The minimum atomic E-state index is 0.109. The van der Waals surface area contributed by atoms with Crippen LogP contribution in [0.5, 0.6) is 0 Å². The number of aromatic nitrogens is 1. The first-order valence-electron chi connectivity index (χ1n) is 9.27. The highest BCUT2D eigenvalue weighted by Crippen LogP contribution is 2.29. The molecule has 0 unspecified atom stereocenters. The van der Waals surface area contributed by atoms with Gasteiger partial charge in [0.1, 0.15) is 5.01 Å². The van der Waals surface area contributed by atoms with Gasteiger partial charge in [0, 0.05) is 34.4 Å². The fourth-order valence-corrected chi connectivity index (χ4v) is 4.12. The van der Waals surface area contributed by atoms with Crippen molar-refractivity contribution in [3.8, 4) is 10.6 Å². The van der Waals surface area contributed by atoms with E-state index in [4.69, 9.17) is 0 Å². The van der Waals surface area contributed by atoms with Crippen molar-refractivity contribution >= 4 is 28.6 Å². The summed E-state index contributed by atoms with van der Waals surface area (Å²) >= 11 is 1.72. The van der Waals surface area contributed by atoms with Crippen LogP contribution in [0.1, 0.15) is 34.4 Å². The maximum atomic E-state index is 11.7. The summed E-state index contributed by atoms with van der Waals surface area (Å²) in [6.45, 7) is 5.01. The molecule has 1 amide bonds. The van der Waals surface area contributed by atoms with E-state index in [1.54, 1.807) is 11.3 Å². The Morgan fingerprint density at radius 3 is 2.85 bits per heavy atom. The highest BCUT2D eigenvalue weighted by atomic mass is 32.1. The molecule has 1 aliphatic heterocycles. The molecule has 4 rings (SSSR count). The summed E-state index contributed by atoms with van der Waals surface area (Å²) in [6, 6.07) is 12.7. The zero-order valence-electron chi connectivity index (χ0n) is 15.6. The first kappa shape index (κ1) is 17.7. The van der Waals surface area contributed by atoms with Crippen molar-refractivity contribution in [2.45, 2.75) is 39.7 Å². The number of carbonyl (C=O) groups is 1. The van der Waals surface area contributed by atoms with E-state index in [2.05, 4.69) is 53.7 Å². The number of amides is 1. The number of hydrogen-bond acceptors (Lipinski definition) is 4. The van der Waals surface area contributed by atoms with E-state index in [1.807, 2.05) is 18.3 Å². The molecule has 0 radical (unpaired) electrons. The molecule has 138 valence electrons. The van der Waals surface area contributed by atoms with Crippen molar-refractivity contribution in [1.29, 1.82) is 0 Å². The SMILES string of the molecule is Cc1ccc(-c2ncc(CNc3ccc4c(c3)CCCC(=O)N4)s2)cc1C. The minimum Gasteiger partial charge on any atom is -0.380 e. The summed E-state index contributed by atoms with van der Waals surface area (Å²) in [5.74, 6) is 0.109. The molecule has 5 heteroatoms.